The molecule has 0 atom stereocenters. The molecule has 2 nitrogen and oxygen atoms in total. The molecule has 0 unspecified atom stereocenters. The Morgan fingerprint density at radius 1 is 1.36 bits per heavy atom. The van der Waals surface area contributed by atoms with Crippen LogP contribution in [0.25, 0.3) is 0 Å². The van der Waals surface area contributed by atoms with Gasteiger partial charge in [-0.05, 0) is 12.3 Å². The highest BCUT2D eigenvalue weighted by atomic mass is 16.1. The monoisotopic (exact) mass is 155 g/mol. The van der Waals surface area contributed by atoms with Gasteiger partial charge < -0.3 is 5.32 Å². The molecule has 0 saturated heterocycles. The van der Waals surface area contributed by atoms with Crippen LogP contribution in [0.2, 0.25) is 0 Å². The SMILES string of the molecule is CNC(=O)/C=C(\C)C(C)(C)C. The fourth-order valence-corrected chi connectivity index (χ4v) is 0.485. The third-order valence-corrected chi connectivity index (χ3v) is 1.78. The van der Waals surface area contributed by atoms with Crippen molar-refractivity contribution in [1.29, 1.82) is 0 Å². The Labute approximate surface area is 68.7 Å². The van der Waals surface area contributed by atoms with Crippen molar-refractivity contribution >= 4 is 5.91 Å². The van der Waals surface area contributed by atoms with Crippen molar-refractivity contribution in [2.75, 3.05) is 7.05 Å². The van der Waals surface area contributed by atoms with E-state index >= 15 is 0 Å². The molecule has 2 heteroatoms. The van der Waals surface area contributed by atoms with Gasteiger partial charge in [0.2, 0.25) is 5.91 Å². The number of nitrogens with one attached hydrogen (secondary N) is 1. The Morgan fingerprint density at radius 3 is 2.09 bits per heavy atom. The molecule has 0 aromatic carbocycles. The maximum atomic E-state index is 10.9. The molecule has 1 N–H and O–H groups in total. The van der Waals surface area contributed by atoms with Crippen molar-refractivity contribution < 1.29 is 4.79 Å². The van der Waals surface area contributed by atoms with Crippen LogP contribution in [0.4, 0.5) is 0 Å². The molecule has 0 aliphatic carbocycles. The minimum Gasteiger partial charge on any atom is -0.356 e. The molecule has 0 spiro atoms. The number of carbonyl (C=O) groups excluding carboxylic acids is 1. The lowest BCUT2D eigenvalue weighted by atomic mass is 9.87. The molecule has 0 rings (SSSR count). The van der Waals surface area contributed by atoms with E-state index in [1.807, 2.05) is 6.92 Å². The van der Waals surface area contributed by atoms with Gasteiger partial charge in [-0.3, -0.25) is 4.79 Å². The Balaban J connectivity index is 4.35. The van der Waals surface area contributed by atoms with Gasteiger partial charge in [0, 0.05) is 13.1 Å². The quantitative estimate of drug-likeness (QED) is 0.574. The zero-order valence-electron chi connectivity index (χ0n) is 7.99. The second-order valence-electron chi connectivity index (χ2n) is 3.69. The maximum absolute atomic E-state index is 10.9. The van der Waals surface area contributed by atoms with E-state index < -0.39 is 0 Å². The van der Waals surface area contributed by atoms with E-state index in [0.717, 1.165) is 5.57 Å². The predicted molar refractivity (Wildman–Crippen MR) is 47.3 cm³/mol. The largest absolute Gasteiger partial charge is 0.356 e. The average molecular weight is 155 g/mol. The van der Waals surface area contributed by atoms with Crippen molar-refractivity contribution in [2.24, 2.45) is 5.41 Å². The highest BCUT2D eigenvalue weighted by molar-refractivity contribution is 5.87. The molecule has 0 fully saturated rings. The number of likely N-dealkylation sites (N-methyl/N-ethyl adjacent to an activating group) is 1. The van der Waals surface area contributed by atoms with Crippen LogP contribution in [0.1, 0.15) is 27.7 Å². The van der Waals surface area contributed by atoms with Crippen LogP contribution in [0, 0.1) is 5.41 Å². The zero-order valence-corrected chi connectivity index (χ0v) is 7.99. The smallest absolute Gasteiger partial charge is 0.243 e. The molecule has 11 heavy (non-hydrogen) atoms. The average Bonchev–Trinajstić information content (AvgIpc) is 1.85. The maximum Gasteiger partial charge on any atom is 0.243 e. The van der Waals surface area contributed by atoms with E-state index in [2.05, 4.69) is 26.1 Å². The van der Waals surface area contributed by atoms with Gasteiger partial charge in [-0.25, -0.2) is 0 Å². The molecule has 0 aromatic rings. The van der Waals surface area contributed by atoms with Crippen LogP contribution in [-0.2, 0) is 4.79 Å². The van der Waals surface area contributed by atoms with E-state index in [-0.39, 0.29) is 11.3 Å². The Hall–Kier alpha value is -0.790. The van der Waals surface area contributed by atoms with Gasteiger partial charge in [0.1, 0.15) is 0 Å². The number of hydrogen-bond acceptors (Lipinski definition) is 1. The first-order chi connectivity index (χ1) is 4.88. The van der Waals surface area contributed by atoms with E-state index in [1.165, 1.54) is 0 Å². The lowest BCUT2D eigenvalue weighted by Gasteiger charge is -2.18. The molecule has 0 heterocycles. The second kappa shape index (κ2) is 3.56. The molecule has 0 aliphatic heterocycles. The third-order valence-electron chi connectivity index (χ3n) is 1.78. The summed E-state index contributed by atoms with van der Waals surface area (Å²) in [4.78, 5) is 10.9. The number of carbonyl (C=O) groups is 1. The summed E-state index contributed by atoms with van der Waals surface area (Å²) < 4.78 is 0. The molecular weight excluding hydrogens is 138 g/mol. The normalized spacial score (nSPS) is 13.0. The summed E-state index contributed by atoms with van der Waals surface area (Å²) in [7, 11) is 1.63. The topological polar surface area (TPSA) is 29.1 Å². The van der Waals surface area contributed by atoms with Crippen LogP contribution in [0.15, 0.2) is 11.6 Å². The molecule has 0 radical (unpaired) electrons. The lowest BCUT2D eigenvalue weighted by molar-refractivity contribution is -0.116. The molecule has 64 valence electrons. The summed E-state index contributed by atoms with van der Waals surface area (Å²) >= 11 is 0. The summed E-state index contributed by atoms with van der Waals surface area (Å²) in [6, 6.07) is 0. The molecule has 0 aliphatic rings. The summed E-state index contributed by atoms with van der Waals surface area (Å²) in [5, 5.41) is 2.55. The first kappa shape index (κ1) is 10.2. The van der Waals surface area contributed by atoms with Crippen LogP contribution < -0.4 is 5.32 Å². The van der Waals surface area contributed by atoms with E-state index in [9.17, 15) is 4.79 Å². The fraction of sp³-hybridized carbons (Fsp3) is 0.667. The predicted octanol–water partition coefficient (Wildman–Crippen LogP) is 1.72. The Kier molecular flexibility index (Phi) is 3.30. The first-order valence-corrected chi connectivity index (χ1v) is 3.78. The molecular formula is C9H17NO. The van der Waals surface area contributed by atoms with Gasteiger partial charge in [0.05, 0.1) is 0 Å². The van der Waals surface area contributed by atoms with Gasteiger partial charge in [0.25, 0.3) is 0 Å². The Morgan fingerprint density at radius 2 is 1.82 bits per heavy atom. The summed E-state index contributed by atoms with van der Waals surface area (Å²) in [5.41, 5.74) is 1.18. The lowest BCUT2D eigenvalue weighted by Crippen LogP contribution is -2.17. The number of rotatable bonds is 1. The third kappa shape index (κ3) is 3.81. The van der Waals surface area contributed by atoms with E-state index in [1.54, 1.807) is 13.1 Å². The zero-order chi connectivity index (χ0) is 9.07. The fourth-order valence-electron chi connectivity index (χ4n) is 0.485. The summed E-state index contributed by atoms with van der Waals surface area (Å²) in [6.45, 7) is 8.22. The Bertz CT molecular complexity index is 174. The van der Waals surface area contributed by atoms with Crippen molar-refractivity contribution in [1.82, 2.24) is 5.32 Å². The number of allylic oxidation sites excluding steroid dienone is 1. The first-order valence-electron chi connectivity index (χ1n) is 3.78. The van der Waals surface area contributed by atoms with E-state index in [0.29, 0.717) is 0 Å². The van der Waals surface area contributed by atoms with Gasteiger partial charge in [-0.2, -0.15) is 0 Å². The minimum atomic E-state index is -0.0302. The van der Waals surface area contributed by atoms with Gasteiger partial charge in [-0.15, -0.1) is 0 Å². The van der Waals surface area contributed by atoms with Crippen molar-refractivity contribution in [2.45, 2.75) is 27.7 Å². The molecule has 0 saturated carbocycles. The molecule has 0 aromatic heterocycles. The van der Waals surface area contributed by atoms with Gasteiger partial charge in [-0.1, -0.05) is 26.3 Å². The minimum absolute atomic E-state index is 0.0302. The summed E-state index contributed by atoms with van der Waals surface area (Å²) in [6.07, 6.45) is 1.64. The highest BCUT2D eigenvalue weighted by Gasteiger charge is 2.12. The number of amides is 1. The highest BCUT2D eigenvalue weighted by Crippen LogP contribution is 2.23. The number of hydrogen-bond donors (Lipinski definition) is 1. The standard InChI is InChI=1S/C9H17NO/c1-7(9(2,3)4)6-8(11)10-5/h6H,1-5H3,(H,10,11)/b7-6+. The summed E-state index contributed by atoms with van der Waals surface area (Å²) in [5.74, 6) is -0.0302. The molecule has 0 bridgehead atoms. The van der Waals surface area contributed by atoms with Crippen LogP contribution >= 0.6 is 0 Å². The second-order valence-corrected chi connectivity index (χ2v) is 3.69. The van der Waals surface area contributed by atoms with Crippen molar-refractivity contribution in [3.63, 3.8) is 0 Å². The van der Waals surface area contributed by atoms with E-state index in [4.69, 9.17) is 0 Å². The molecule has 1 amide bonds. The van der Waals surface area contributed by atoms with Crippen LogP contribution in [-0.4, -0.2) is 13.0 Å². The van der Waals surface area contributed by atoms with Gasteiger partial charge in [0.15, 0.2) is 0 Å². The van der Waals surface area contributed by atoms with Crippen LogP contribution in [0.5, 0.6) is 0 Å². The van der Waals surface area contributed by atoms with Crippen molar-refractivity contribution in [3.05, 3.63) is 11.6 Å². The van der Waals surface area contributed by atoms with Crippen molar-refractivity contribution in [3.8, 4) is 0 Å². The van der Waals surface area contributed by atoms with Gasteiger partial charge >= 0.3 is 0 Å². The van der Waals surface area contributed by atoms with Crippen LogP contribution in [0.3, 0.4) is 0 Å².